The van der Waals surface area contributed by atoms with E-state index in [1.54, 1.807) is 10.7 Å². The van der Waals surface area contributed by atoms with E-state index in [-0.39, 0.29) is 11.3 Å². The summed E-state index contributed by atoms with van der Waals surface area (Å²) in [7, 11) is 1.82. The van der Waals surface area contributed by atoms with E-state index in [0.717, 1.165) is 16.5 Å². The van der Waals surface area contributed by atoms with E-state index >= 15 is 0 Å². The van der Waals surface area contributed by atoms with Gasteiger partial charge in [0.15, 0.2) is 0 Å². The van der Waals surface area contributed by atoms with Crippen LogP contribution in [0.5, 0.6) is 5.75 Å². The van der Waals surface area contributed by atoms with Crippen LogP contribution in [0.2, 0.25) is 0 Å². The number of hydrogen-bond acceptors (Lipinski definition) is 3. The zero-order chi connectivity index (χ0) is 16.1. The van der Waals surface area contributed by atoms with E-state index in [1.165, 1.54) is 6.20 Å². The molecule has 0 fully saturated rings. The first kappa shape index (κ1) is 13.2. The minimum Gasteiger partial charge on any atom is -0.505 e. The van der Waals surface area contributed by atoms with Gasteiger partial charge in [-0.05, 0) is 24.1 Å². The molecule has 6 nitrogen and oxygen atoms in total. The zero-order valence-electron chi connectivity index (χ0n) is 12.2. The molecule has 0 amide bonds. The molecule has 0 unspecified atom stereocenters. The van der Waals surface area contributed by atoms with Crippen LogP contribution in [-0.4, -0.2) is 24.9 Å². The van der Waals surface area contributed by atoms with Gasteiger partial charge in [0.2, 0.25) is 0 Å². The summed E-state index contributed by atoms with van der Waals surface area (Å²) in [6, 6.07) is 7.24. The average Bonchev–Trinajstić information content (AvgIpc) is 3.06. The molecular weight excluding hydrogens is 292 g/mol. The molecule has 0 aliphatic heterocycles. The number of fused-ring (bicyclic) bond motifs is 2. The van der Waals surface area contributed by atoms with Gasteiger partial charge in [-0.3, -0.25) is 9.48 Å². The van der Waals surface area contributed by atoms with Gasteiger partial charge in [-0.25, -0.2) is 0 Å². The van der Waals surface area contributed by atoms with Crippen LogP contribution in [0.3, 0.4) is 0 Å². The maximum absolute atomic E-state index is 11.9. The number of hydrogen-bond donors (Lipinski definition) is 3. The largest absolute Gasteiger partial charge is 0.505 e. The Bertz CT molecular complexity index is 1170. The zero-order valence-corrected chi connectivity index (χ0v) is 12.2. The molecule has 0 aliphatic carbocycles. The number of rotatable bonds is 1. The number of benzene rings is 1. The molecule has 23 heavy (non-hydrogen) atoms. The first-order valence-corrected chi connectivity index (χ1v) is 6.96. The van der Waals surface area contributed by atoms with Crippen molar-refractivity contribution in [2.24, 2.45) is 7.05 Å². The fraction of sp³-hybridized carbons (Fsp3) is 0.0588. The highest BCUT2D eigenvalue weighted by molar-refractivity contribution is 5.96. The van der Waals surface area contributed by atoms with E-state index < -0.39 is 0 Å². The second-order valence-electron chi connectivity index (χ2n) is 5.29. The summed E-state index contributed by atoms with van der Waals surface area (Å²) >= 11 is 0. The lowest BCUT2D eigenvalue weighted by Gasteiger charge is -2.01. The van der Waals surface area contributed by atoms with E-state index in [0.29, 0.717) is 22.3 Å². The molecule has 0 spiro atoms. The van der Waals surface area contributed by atoms with Gasteiger partial charge in [-0.1, -0.05) is 6.07 Å². The second kappa shape index (κ2) is 4.52. The van der Waals surface area contributed by atoms with Gasteiger partial charge in [0.1, 0.15) is 17.0 Å². The number of H-pyrrole nitrogens is 2. The number of nitrogens with one attached hydrogen (secondary N) is 2. The van der Waals surface area contributed by atoms with E-state index in [2.05, 4.69) is 21.0 Å². The third-order valence-electron chi connectivity index (χ3n) is 3.98. The standard InChI is InChI=1S/C17H12N4O2/c1-3-12-11-8-9(4-5-13(11)21(2)20-12)14-16(22)10-6-7-18-17(23)15(10)19-14/h1,4-8,19,22H,2H3,(H,18,23). The molecule has 0 radical (unpaired) electrons. The Balaban J connectivity index is 2.03. The quantitative estimate of drug-likeness (QED) is 0.471. The summed E-state index contributed by atoms with van der Waals surface area (Å²) in [6.45, 7) is 0. The van der Waals surface area contributed by atoms with Crippen molar-refractivity contribution in [1.29, 1.82) is 0 Å². The molecule has 3 N–H and O–H groups in total. The molecule has 0 atom stereocenters. The number of terminal acetylenes is 1. The second-order valence-corrected chi connectivity index (χ2v) is 5.29. The minimum atomic E-state index is -0.282. The van der Waals surface area contributed by atoms with Crippen LogP contribution in [0.1, 0.15) is 5.69 Å². The first-order valence-electron chi connectivity index (χ1n) is 6.96. The topological polar surface area (TPSA) is 86.7 Å². The van der Waals surface area contributed by atoms with Crippen molar-refractivity contribution < 1.29 is 5.11 Å². The van der Waals surface area contributed by atoms with Crippen LogP contribution < -0.4 is 5.56 Å². The monoisotopic (exact) mass is 304 g/mol. The minimum absolute atomic E-state index is 0.0385. The number of pyridine rings is 1. The van der Waals surface area contributed by atoms with Crippen LogP contribution >= 0.6 is 0 Å². The van der Waals surface area contributed by atoms with Crippen molar-refractivity contribution in [3.63, 3.8) is 0 Å². The predicted octanol–water partition coefficient (Wildman–Crippen LogP) is 2.10. The molecule has 1 aromatic carbocycles. The summed E-state index contributed by atoms with van der Waals surface area (Å²) in [5.74, 6) is 2.60. The predicted molar refractivity (Wildman–Crippen MR) is 88.2 cm³/mol. The highest BCUT2D eigenvalue weighted by Crippen LogP contribution is 2.36. The summed E-state index contributed by atoms with van der Waals surface area (Å²) in [6.07, 6.45) is 7.00. The third-order valence-corrected chi connectivity index (χ3v) is 3.98. The van der Waals surface area contributed by atoms with Crippen LogP contribution in [0.25, 0.3) is 33.1 Å². The average molecular weight is 304 g/mol. The molecule has 4 aromatic rings. The maximum Gasteiger partial charge on any atom is 0.272 e. The Hall–Kier alpha value is -3.46. The molecule has 0 saturated carbocycles. The van der Waals surface area contributed by atoms with E-state index in [4.69, 9.17) is 6.42 Å². The van der Waals surface area contributed by atoms with Gasteiger partial charge in [0.05, 0.1) is 11.2 Å². The van der Waals surface area contributed by atoms with Gasteiger partial charge in [-0.2, -0.15) is 5.10 Å². The molecule has 112 valence electrons. The van der Waals surface area contributed by atoms with Crippen molar-refractivity contribution in [1.82, 2.24) is 19.7 Å². The van der Waals surface area contributed by atoms with Gasteiger partial charge < -0.3 is 15.1 Å². The molecule has 0 aliphatic rings. The molecule has 0 bridgehead atoms. The lowest BCUT2D eigenvalue weighted by molar-refractivity contribution is 0.483. The number of aromatic amines is 2. The van der Waals surface area contributed by atoms with E-state index in [1.807, 2.05) is 25.2 Å². The Labute approximate surface area is 130 Å². The molecule has 4 rings (SSSR count). The van der Waals surface area contributed by atoms with Crippen molar-refractivity contribution in [3.8, 4) is 29.4 Å². The van der Waals surface area contributed by atoms with E-state index in [9.17, 15) is 9.90 Å². The van der Waals surface area contributed by atoms with Crippen LogP contribution in [0, 0.1) is 12.3 Å². The van der Waals surface area contributed by atoms with Crippen molar-refractivity contribution in [2.75, 3.05) is 0 Å². The Morgan fingerprint density at radius 3 is 2.87 bits per heavy atom. The third kappa shape index (κ3) is 1.77. The van der Waals surface area contributed by atoms with Gasteiger partial charge in [-0.15, -0.1) is 6.42 Å². The van der Waals surface area contributed by atoms with Crippen LogP contribution in [0.15, 0.2) is 35.3 Å². The highest BCUT2D eigenvalue weighted by Gasteiger charge is 2.16. The fourth-order valence-corrected chi connectivity index (χ4v) is 2.86. The smallest absolute Gasteiger partial charge is 0.272 e. The van der Waals surface area contributed by atoms with Crippen molar-refractivity contribution in [2.45, 2.75) is 0 Å². The summed E-state index contributed by atoms with van der Waals surface area (Å²) in [4.78, 5) is 17.4. The van der Waals surface area contributed by atoms with Gasteiger partial charge in [0, 0.05) is 29.6 Å². The lowest BCUT2D eigenvalue weighted by atomic mass is 10.1. The molecule has 3 aromatic heterocycles. The Morgan fingerprint density at radius 2 is 2.13 bits per heavy atom. The molecular formula is C17H12N4O2. The maximum atomic E-state index is 11.9. The van der Waals surface area contributed by atoms with Gasteiger partial charge in [0.25, 0.3) is 5.56 Å². The summed E-state index contributed by atoms with van der Waals surface area (Å²) in [5.41, 5.74) is 2.70. The SMILES string of the molecule is C#Cc1nn(C)c2ccc(-c3[nH]c4c(=O)[nH]ccc4c3O)cc12. The number of nitrogens with zero attached hydrogens (tertiary/aromatic N) is 2. The fourth-order valence-electron chi connectivity index (χ4n) is 2.86. The number of aromatic hydroxyl groups is 1. The number of aryl methyl sites for hydroxylation is 1. The normalized spacial score (nSPS) is 11.1. The Kier molecular flexibility index (Phi) is 2.60. The number of aromatic nitrogens is 4. The van der Waals surface area contributed by atoms with Crippen molar-refractivity contribution >= 4 is 21.8 Å². The molecule has 0 saturated heterocycles. The Morgan fingerprint density at radius 1 is 1.30 bits per heavy atom. The van der Waals surface area contributed by atoms with Crippen molar-refractivity contribution in [3.05, 3.63) is 46.5 Å². The van der Waals surface area contributed by atoms with Gasteiger partial charge >= 0.3 is 0 Å². The molecule has 3 heterocycles. The highest BCUT2D eigenvalue weighted by atomic mass is 16.3. The summed E-state index contributed by atoms with van der Waals surface area (Å²) in [5, 5.41) is 16.0. The van der Waals surface area contributed by atoms with Crippen LogP contribution in [0.4, 0.5) is 0 Å². The lowest BCUT2D eigenvalue weighted by Crippen LogP contribution is -2.03. The van der Waals surface area contributed by atoms with Crippen LogP contribution in [-0.2, 0) is 7.05 Å². The molecule has 6 heteroatoms. The summed E-state index contributed by atoms with van der Waals surface area (Å²) < 4.78 is 1.71. The first-order chi connectivity index (χ1) is 11.1.